The van der Waals surface area contributed by atoms with E-state index in [1.807, 2.05) is 0 Å². The minimum atomic E-state index is -0.833. The van der Waals surface area contributed by atoms with Crippen molar-refractivity contribution in [3.63, 3.8) is 0 Å². The first-order valence-corrected chi connectivity index (χ1v) is 7.09. The maximum Gasteiger partial charge on any atom is 0.379 e. The number of benzene rings is 2. The van der Waals surface area contributed by atoms with Crippen LogP contribution in [0.25, 0.3) is 11.0 Å². The van der Waals surface area contributed by atoms with Crippen LogP contribution in [0.2, 0.25) is 5.02 Å². The summed E-state index contributed by atoms with van der Waals surface area (Å²) in [5.41, 5.74) is 0.540. The van der Waals surface area contributed by atoms with Crippen LogP contribution in [-0.4, -0.2) is 10.9 Å². The van der Waals surface area contributed by atoms with Crippen LogP contribution in [0.15, 0.2) is 40.8 Å². The monoisotopic (exact) mass is 349 g/mol. The van der Waals surface area contributed by atoms with Crippen LogP contribution in [0.5, 0.6) is 5.75 Å². The number of rotatable bonds is 3. The van der Waals surface area contributed by atoms with Gasteiger partial charge in [-0.25, -0.2) is 9.18 Å². The lowest BCUT2D eigenvalue weighted by molar-refractivity contribution is -0.384. The second kappa shape index (κ2) is 5.93. The second-order valence-electron chi connectivity index (χ2n) is 4.96. The summed E-state index contributed by atoms with van der Waals surface area (Å²) in [7, 11) is 0. The first-order chi connectivity index (χ1) is 11.4. The van der Waals surface area contributed by atoms with Crippen LogP contribution in [-0.2, 0) is 0 Å². The number of halogens is 2. The highest BCUT2D eigenvalue weighted by atomic mass is 35.5. The van der Waals surface area contributed by atoms with E-state index in [4.69, 9.17) is 20.8 Å². The van der Waals surface area contributed by atoms with Crippen molar-refractivity contribution in [2.45, 2.75) is 6.92 Å². The number of fused-ring (bicyclic) bond motifs is 1. The standard InChI is InChI=1S/C16H9ClFNO5/c1-8-11-6-9(18)2-4-13(11)23-15(8)16(20)24-14-5-3-10(19(21)22)7-12(14)17/h2-7H,1H3. The van der Waals surface area contributed by atoms with E-state index in [0.717, 1.165) is 12.1 Å². The van der Waals surface area contributed by atoms with Gasteiger partial charge in [-0.15, -0.1) is 0 Å². The quantitative estimate of drug-likeness (QED) is 0.297. The van der Waals surface area contributed by atoms with E-state index in [1.54, 1.807) is 6.92 Å². The average molecular weight is 350 g/mol. The lowest BCUT2D eigenvalue weighted by Crippen LogP contribution is -2.09. The summed E-state index contributed by atoms with van der Waals surface area (Å²) in [5.74, 6) is -1.42. The van der Waals surface area contributed by atoms with Gasteiger partial charge >= 0.3 is 5.97 Å². The predicted octanol–water partition coefficient (Wildman–Crippen LogP) is 4.66. The second-order valence-corrected chi connectivity index (χ2v) is 5.37. The summed E-state index contributed by atoms with van der Waals surface area (Å²) in [4.78, 5) is 22.3. The number of nitro benzene ring substituents is 1. The van der Waals surface area contributed by atoms with E-state index in [-0.39, 0.29) is 22.2 Å². The van der Waals surface area contributed by atoms with Crippen LogP contribution in [0, 0.1) is 22.9 Å². The number of hydrogen-bond acceptors (Lipinski definition) is 5. The van der Waals surface area contributed by atoms with Gasteiger partial charge in [0.25, 0.3) is 5.69 Å². The molecule has 122 valence electrons. The first kappa shape index (κ1) is 15.9. The number of aryl methyl sites for hydroxylation is 1. The minimum absolute atomic E-state index is 0.0432. The first-order valence-electron chi connectivity index (χ1n) is 6.71. The molecule has 0 unspecified atom stereocenters. The molecule has 6 nitrogen and oxygen atoms in total. The van der Waals surface area contributed by atoms with E-state index in [1.165, 1.54) is 24.3 Å². The van der Waals surface area contributed by atoms with Crippen LogP contribution in [0.3, 0.4) is 0 Å². The largest absolute Gasteiger partial charge is 0.449 e. The third kappa shape index (κ3) is 2.81. The number of furan rings is 1. The average Bonchev–Trinajstić information content (AvgIpc) is 2.86. The normalized spacial score (nSPS) is 10.8. The maximum absolute atomic E-state index is 13.3. The van der Waals surface area contributed by atoms with E-state index in [0.29, 0.717) is 16.5 Å². The van der Waals surface area contributed by atoms with Gasteiger partial charge in [0.15, 0.2) is 0 Å². The number of hydrogen-bond donors (Lipinski definition) is 0. The molecule has 1 heterocycles. The van der Waals surface area contributed by atoms with Gasteiger partial charge < -0.3 is 9.15 Å². The molecule has 24 heavy (non-hydrogen) atoms. The molecule has 0 bridgehead atoms. The Morgan fingerprint density at radius 2 is 2.04 bits per heavy atom. The molecule has 1 aromatic heterocycles. The maximum atomic E-state index is 13.3. The highest BCUT2D eigenvalue weighted by Gasteiger charge is 2.21. The molecule has 0 fully saturated rings. The number of esters is 1. The van der Waals surface area contributed by atoms with Gasteiger partial charge in [-0.1, -0.05) is 11.6 Å². The van der Waals surface area contributed by atoms with Crippen molar-refractivity contribution in [2.24, 2.45) is 0 Å². The zero-order valence-corrected chi connectivity index (χ0v) is 13.0. The van der Waals surface area contributed by atoms with Crippen LogP contribution in [0.4, 0.5) is 10.1 Å². The van der Waals surface area contributed by atoms with Crippen molar-refractivity contribution in [3.8, 4) is 5.75 Å². The molecule has 3 rings (SSSR count). The molecule has 0 aliphatic heterocycles. The third-order valence-electron chi connectivity index (χ3n) is 3.41. The van der Waals surface area contributed by atoms with E-state index < -0.39 is 16.7 Å². The Balaban J connectivity index is 1.93. The molecule has 0 aliphatic carbocycles. The number of nitrogens with zero attached hydrogens (tertiary/aromatic N) is 1. The molecule has 0 amide bonds. The van der Waals surface area contributed by atoms with Crippen molar-refractivity contribution in [1.82, 2.24) is 0 Å². The Hall–Kier alpha value is -2.93. The van der Waals surface area contributed by atoms with Gasteiger partial charge in [0.2, 0.25) is 5.76 Å². The molecular weight excluding hydrogens is 341 g/mol. The Morgan fingerprint density at radius 3 is 2.71 bits per heavy atom. The molecule has 0 aliphatic rings. The van der Waals surface area contributed by atoms with E-state index >= 15 is 0 Å². The highest BCUT2D eigenvalue weighted by molar-refractivity contribution is 6.32. The molecule has 2 aromatic carbocycles. The van der Waals surface area contributed by atoms with Crippen LogP contribution >= 0.6 is 11.6 Å². The zero-order valence-electron chi connectivity index (χ0n) is 12.2. The van der Waals surface area contributed by atoms with Crippen molar-refractivity contribution < 1.29 is 23.3 Å². The summed E-state index contributed by atoms with van der Waals surface area (Å²) in [5, 5.41) is 11.0. The molecule has 8 heteroatoms. The Kier molecular flexibility index (Phi) is 3.94. The number of ether oxygens (including phenoxy) is 1. The highest BCUT2D eigenvalue weighted by Crippen LogP contribution is 2.31. The van der Waals surface area contributed by atoms with Gasteiger partial charge in [-0.3, -0.25) is 10.1 Å². The van der Waals surface area contributed by atoms with Crippen molar-refractivity contribution in [3.05, 3.63) is 68.7 Å². The summed E-state index contributed by atoms with van der Waals surface area (Å²) >= 11 is 5.88. The fraction of sp³-hybridized carbons (Fsp3) is 0.0625. The zero-order chi connectivity index (χ0) is 17.4. The summed E-state index contributed by atoms with van der Waals surface area (Å²) in [6.07, 6.45) is 0. The number of carbonyl (C=O) groups is 1. The van der Waals surface area contributed by atoms with Gasteiger partial charge in [-0.2, -0.15) is 0 Å². The fourth-order valence-corrected chi connectivity index (χ4v) is 2.43. The summed E-state index contributed by atoms with van der Waals surface area (Å²) in [6, 6.07) is 7.33. The van der Waals surface area contributed by atoms with Crippen LogP contribution < -0.4 is 4.74 Å². The third-order valence-corrected chi connectivity index (χ3v) is 3.71. The Labute approximate surface area is 139 Å². The molecule has 0 saturated heterocycles. The lowest BCUT2D eigenvalue weighted by atomic mass is 10.1. The molecular formula is C16H9ClFNO5. The van der Waals surface area contributed by atoms with E-state index in [2.05, 4.69) is 0 Å². The topological polar surface area (TPSA) is 82.6 Å². The Morgan fingerprint density at radius 1 is 1.29 bits per heavy atom. The van der Waals surface area contributed by atoms with E-state index in [9.17, 15) is 19.3 Å². The molecule has 0 radical (unpaired) electrons. The number of carbonyl (C=O) groups excluding carboxylic acids is 1. The van der Waals surface area contributed by atoms with Gasteiger partial charge in [-0.05, 0) is 31.2 Å². The molecule has 0 saturated carbocycles. The smallest absolute Gasteiger partial charge is 0.379 e. The number of nitro groups is 1. The number of non-ortho nitro benzene ring substituents is 1. The molecule has 3 aromatic rings. The minimum Gasteiger partial charge on any atom is -0.449 e. The SMILES string of the molecule is Cc1c(C(=O)Oc2ccc([N+](=O)[O-])cc2Cl)oc2ccc(F)cc12. The fourth-order valence-electron chi connectivity index (χ4n) is 2.22. The van der Waals surface area contributed by atoms with Gasteiger partial charge in [0, 0.05) is 23.1 Å². The molecule has 0 N–H and O–H groups in total. The molecule has 0 spiro atoms. The van der Waals surface area contributed by atoms with Gasteiger partial charge in [0.05, 0.1) is 9.95 Å². The molecule has 0 atom stereocenters. The van der Waals surface area contributed by atoms with Crippen molar-refractivity contribution in [2.75, 3.05) is 0 Å². The Bertz CT molecular complexity index is 982. The van der Waals surface area contributed by atoms with Crippen LogP contribution in [0.1, 0.15) is 16.1 Å². The predicted molar refractivity (Wildman–Crippen MR) is 84.0 cm³/mol. The van der Waals surface area contributed by atoms with Crippen molar-refractivity contribution in [1.29, 1.82) is 0 Å². The summed E-state index contributed by atoms with van der Waals surface area (Å²) < 4.78 is 23.8. The van der Waals surface area contributed by atoms with Crippen molar-refractivity contribution >= 4 is 34.2 Å². The lowest BCUT2D eigenvalue weighted by Gasteiger charge is -2.04. The van der Waals surface area contributed by atoms with Gasteiger partial charge in [0.1, 0.15) is 17.1 Å². The summed E-state index contributed by atoms with van der Waals surface area (Å²) in [6.45, 7) is 1.60.